The van der Waals surface area contributed by atoms with Crippen molar-refractivity contribution >= 4 is 31.9 Å². The Morgan fingerprint density at radius 1 is 1.22 bits per heavy atom. The zero-order valence-electron chi connectivity index (χ0n) is 9.94. The molecule has 0 aliphatic rings. The highest BCUT2D eigenvalue weighted by atomic mass is 79.9. The maximum absolute atomic E-state index is 11.7. The van der Waals surface area contributed by atoms with Crippen molar-refractivity contribution in [3.8, 4) is 0 Å². The van der Waals surface area contributed by atoms with Crippen molar-refractivity contribution in [2.75, 3.05) is 19.3 Å². The summed E-state index contributed by atoms with van der Waals surface area (Å²) in [5.74, 6) is -0.216. The third-order valence-corrected chi connectivity index (χ3v) is 3.52. The van der Waals surface area contributed by atoms with E-state index < -0.39 is 10.0 Å². The lowest BCUT2D eigenvalue weighted by molar-refractivity contribution is 0.0954. The topological polar surface area (TPSA) is 75.3 Å². The molecule has 0 saturated heterocycles. The average Bonchev–Trinajstić information content (AvgIpc) is 2.33. The molecule has 0 bridgehead atoms. The van der Waals surface area contributed by atoms with Crippen molar-refractivity contribution in [1.82, 2.24) is 10.0 Å². The molecule has 18 heavy (non-hydrogen) atoms. The number of carbonyl (C=O) groups excluding carboxylic acids is 1. The molecule has 0 unspecified atom stereocenters. The number of hydrogen-bond donors (Lipinski definition) is 2. The van der Waals surface area contributed by atoms with Crippen LogP contribution in [0.5, 0.6) is 0 Å². The van der Waals surface area contributed by atoms with Gasteiger partial charge in [0.2, 0.25) is 10.0 Å². The molecule has 0 atom stereocenters. The zero-order chi connectivity index (χ0) is 13.6. The summed E-state index contributed by atoms with van der Waals surface area (Å²) in [6, 6.07) is 7.18. The molecule has 7 heteroatoms. The smallest absolute Gasteiger partial charge is 0.251 e. The van der Waals surface area contributed by atoms with E-state index >= 15 is 0 Å². The van der Waals surface area contributed by atoms with Gasteiger partial charge in [0.1, 0.15) is 0 Å². The van der Waals surface area contributed by atoms with Crippen LogP contribution < -0.4 is 10.0 Å². The second kappa shape index (κ2) is 6.86. The summed E-state index contributed by atoms with van der Waals surface area (Å²) in [7, 11) is -3.20. The Morgan fingerprint density at radius 3 is 2.33 bits per heavy atom. The number of benzene rings is 1. The van der Waals surface area contributed by atoms with Gasteiger partial charge in [0.05, 0.1) is 6.26 Å². The van der Waals surface area contributed by atoms with E-state index in [-0.39, 0.29) is 19.0 Å². The van der Waals surface area contributed by atoms with E-state index in [0.29, 0.717) is 5.56 Å². The molecule has 1 rings (SSSR count). The number of alkyl halides is 1. The summed E-state index contributed by atoms with van der Waals surface area (Å²) in [5, 5.41) is 3.37. The molecule has 0 heterocycles. The molecule has 0 fully saturated rings. The van der Waals surface area contributed by atoms with E-state index in [1.165, 1.54) is 0 Å². The predicted molar refractivity (Wildman–Crippen MR) is 74.3 cm³/mol. The normalized spacial score (nSPS) is 11.2. The highest BCUT2D eigenvalue weighted by molar-refractivity contribution is 9.08. The van der Waals surface area contributed by atoms with Crippen LogP contribution in [0, 0.1) is 0 Å². The Morgan fingerprint density at radius 2 is 1.83 bits per heavy atom. The molecule has 0 aliphatic carbocycles. The van der Waals surface area contributed by atoms with Gasteiger partial charge in [0, 0.05) is 24.0 Å². The van der Waals surface area contributed by atoms with E-state index in [1.807, 2.05) is 12.1 Å². The van der Waals surface area contributed by atoms with Gasteiger partial charge in [0.15, 0.2) is 0 Å². The van der Waals surface area contributed by atoms with Gasteiger partial charge in [-0.2, -0.15) is 0 Å². The van der Waals surface area contributed by atoms with Crippen LogP contribution in [0.2, 0.25) is 0 Å². The Balaban J connectivity index is 2.40. The summed E-state index contributed by atoms with van der Waals surface area (Å²) < 4.78 is 23.9. The number of sulfonamides is 1. The summed E-state index contributed by atoms with van der Waals surface area (Å²) in [4.78, 5) is 11.7. The lowest BCUT2D eigenvalue weighted by Gasteiger charge is -2.06. The zero-order valence-corrected chi connectivity index (χ0v) is 12.3. The van der Waals surface area contributed by atoms with Crippen molar-refractivity contribution in [2.24, 2.45) is 0 Å². The second-order valence-corrected chi connectivity index (χ2v) is 6.15. The first-order valence-electron chi connectivity index (χ1n) is 5.30. The number of hydrogen-bond acceptors (Lipinski definition) is 3. The highest BCUT2D eigenvalue weighted by Crippen LogP contribution is 2.07. The second-order valence-electron chi connectivity index (χ2n) is 3.75. The molecule has 1 aromatic carbocycles. The summed E-state index contributed by atoms with van der Waals surface area (Å²) in [5.41, 5.74) is 1.64. The predicted octanol–water partition coefficient (Wildman–Crippen LogP) is 0.860. The van der Waals surface area contributed by atoms with E-state index in [0.717, 1.165) is 17.1 Å². The minimum Gasteiger partial charge on any atom is -0.351 e. The maximum Gasteiger partial charge on any atom is 0.251 e. The van der Waals surface area contributed by atoms with Crippen LogP contribution in [-0.2, 0) is 15.4 Å². The molecule has 0 saturated carbocycles. The largest absolute Gasteiger partial charge is 0.351 e. The van der Waals surface area contributed by atoms with Crippen LogP contribution in [0.4, 0.5) is 0 Å². The fraction of sp³-hybridized carbons (Fsp3) is 0.364. The van der Waals surface area contributed by atoms with Crippen molar-refractivity contribution < 1.29 is 13.2 Å². The minimum absolute atomic E-state index is 0.185. The molecule has 100 valence electrons. The highest BCUT2D eigenvalue weighted by Gasteiger charge is 2.05. The molecule has 0 aliphatic heterocycles. The molecular formula is C11H15BrN2O3S. The van der Waals surface area contributed by atoms with Crippen LogP contribution in [0.3, 0.4) is 0 Å². The molecule has 0 spiro atoms. The van der Waals surface area contributed by atoms with Gasteiger partial charge in [-0.15, -0.1) is 0 Å². The van der Waals surface area contributed by atoms with E-state index in [1.54, 1.807) is 12.1 Å². The monoisotopic (exact) mass is 334 g/mol. The first kappa shape index (κ1) is 15.1. The minimum atomic E-state index is -3.20. The van der Waals surface area contributed by atoms with E-state index in [4.69, 9.17) is 0 Å². The third-order valence-electron chi connectivity index (χ3n) is 2.15. The molecule has 2 N–H and O–H groups in total. The number of rotatable bonds is 6. The Hall–Kier alpha value is -0.920. The summed E-state index contributed by atoms with van der Waals surface area (Å²) in [6.07, 6.45) is 1.08. The van der Waals surface area contributed by atoms with Crippen LogP contribution in [-0.4, -0.2) is 33.7 Å². The van der Waals surface area contributed by atoms with Crippen molar-refractivity contribution in [3.05, 3.63) is 35.4 Å². The summed E-state index contributed by atoms with van der Waals surface area (Å²) in [6.45, 7) is 0.441. The van der Waals surface area contributed by atoms with Crippen molar-refractivity contribution in [1.29, 1.82) is 0 Å². The lowest BCUT2D eigenvalue weighted by atomic mass is 10.1. The van der Waals surface area contributed by atoms with Gasteiger partial charge in [-0.25, -0.2) is 13.1 Å². The summed E-state index contributed by atoms with van der Waals surface area (Å²) >= 11 is 3.32. The van der Waals surface area contributed by atoms with Crippen LogP contribution >= 0.6 is 15.9 Å². The van der Waals surface area contributed by atoms with Gasteiger partial charge in [-0.05, 0) is 17.7 Å². The maximum atomic E-state index is 11.7. The Bertz CT molecular complexity index is 500. The van der Waals surface area contributed by atoms with E-state index in [2.05, 4.69) is 26.0 Å². The quantitative estimate of drug-likeness (QED) is 0.598. The fourth-order valence-electron chi connectivity index (χ4n) is 1.26. The van der Waals surface area contributed by atoms with Crippen LogP contribution in [0.25, 0.3) is 0 Å². The number of carbonyl (C=O) groups is 1. The van der Waals surface area contributed by atoms with Crippen LogP contribution in [0.1, 0.15) is 15.9 Å². The molecular weight excluding hydrogens is 320 g/mol. The van der Waals surface area contributed by atoms with Gasteiger partial charge in [-0.1, -0.05) is 28.1 Å². The van der Waals surface area contributed by atoms with Crippen molar-refractivity contribution in [3.63, 3.8) is 0 Å². The third kappa shape index (κ3) is 5.61. The van der Waals surface area contributed by atoms with Gasteiger partial charge in [-0.3, -0.25) is 4.79 Å². The molecule has 5 nitrogen and oxygen atoms in total. The van der Waals surface area contributed by atoms with Crippen LogP contribution in [0.15, 0.2) is 24.3 Å². The van der Waals surface area contributed by atoms with Gasteiger partial charge < -0.3 is 5.32 Å². The molecule has 1 aromatic rings. The Kier molecular flexibility index (Phi) is 5.77. The standard InChI is InChI=1S/C11H15BrN2O3S/c1-18(16,17)14-7-6-13-11(15)10-4-2-9(8-12)3-5-10/h2-5,14H,6-8H2,1H3,(H,13,15). The molecule has 0 radical (unpaired) electrons. The molecule has 1 amide bonds. The first-order chi connectivity index (χ1) is 8.42. The molecule has 0 aromatic heterocycles. The van der Waals surface area contributed by atoms with Gasteiger partial charge in [0.25, 0.3) is 5.91 Å². The number of amides is 1. The average molecular weight is 335 g/mol. The fourth-order valence-corrected chi connectivity index (χ4v) is 2.11. The van der Waals surface area contributed by atoms with Gasteiger partial charge >= 0.3 is 0 Å². The lowest BCUT2D eigenvalue weighted by Crippen LogP contribution is -2.34. The number of halogens is 1. The SMILES string of the molecule is CS(=O)(=O)NCCNC(=O)c1ccc(CBr)cc1. The van der Waals surface area contributed by atoms with Crippen molar-refractivity contribution in [2.45, 2.75) is 5.33 Å². The first-order valence-corrected chi connectivity index (χ1v) is 8.31. The number of nitrogens with one attached hydrogen (secondary N) is 2. The van der Waals surface area contributed by atoms with E-state index in [9.17, 15) is 13.2 Å². The Labute approximate surface area is 115 Å².